The van der Waals surface area contributed by atoms with Crippen molar-refractivity contribution in [3.05, 3.63) is 48.0 Å². The summed E-state index contributed by atoms with van der Waals surface area (Å²) in [6.45, 7) is 7.25. The number of nitrogens with zero attached hydrogens (tertiary/aromatic N) is 1. The van der Waals surface area contributed by atoms with Crippen LogP contribution in [0.4, 0.5) is 0 Å². The Hall–Kier alpha value is -1.46. The second-order valence-electron chi connectivity index (χ2n) is 6.63. The molecule has 0 spiro atoms. The Bertz CT molecular complexity index is 631. The lowest BCUT2D eigenvalue weighted by atomic mass is 10.0. The zero-order valence-corrected chi connectivity index (χ0v) is 13.8. The Morgan fingerprint density at radius 3 is 2.70 bits per heavy atom. The fraction of sp³-hybridized carbons (Fsp3) is 0.474. The quantitative estimate of drug-likeness (QED) is 0.856. The highest BCUT2D eigenvalue weighted by Gasteiger charge is 2.24. The molecule has 0 amide bonds. The molecule has 1 heterocycles. The summed E-state index contributed by atoms with van der Waals surface area (Å²) in [5.41, 5.74) is 0.535. The molecule has 124 valence electrons. The van der Waals surface area contributed by atoms with Gasteiger partial charge in [0.15, 0.2) is 0 Å². The minimum Gasteiger partial charge on any atom is -0.388 e. The Kier molecular flexibility index (Phi) is 5.28. The summed E-state index contributed by atoms with van der Waals surface area (Å²) < 4.78 is 5.36. The van der Waals surface area contributed by atoms with Crippen molar-refractivity contribution in [1.82, 2.24) is 10.2 Å². The molecule has 0 aliphatic carbocycles. The van der Waals surface area contributed by atoms with E-state index in [2.05, 4.69) is 52.7 Å². The van der Waals surface area contributed by atoms with Crippen molar-refractivity contribution in [1.29, 1.82) is 0 Å². The summed E-state index contributed by atoms with van der Waals surface area (Å²) in [6.07, 6.45) is 0. The van der Waals surface area contributed by atoms with Crippen molar-refractivity contribution >= 4 is 10.8 Å². The maximum absolute atomic E-state index is 10.6. The van der Waals surface area contributed by atoms with Crippen LogP contribution in [0.2, 0.25) is 0 Å². The summed E-state index contributed by atoms with van der Waals surface area (Å²) in [4.78, 5) is 2.27. The second-order valence-corrected chi connectivity index (χ2v) is 6.63. The van der Waals surface area contributed by atoms with Gasteiger partial charge in [-0.3, -0.25) is 4.90 Å². The molecule has 1 fully saturated rings. The summed E-state index contributed by atoms with van der Waals surface area (Å²) in [5.74, 6) is 0. The molecular weight excluding hydrogens is 288 g/mol. The number of nitrogens with one attached hydrogen (secondary N) is 1. The first kappa shape index (κ1) is 16.4. The van der Waals surface area contributed by atoms with Gasteiger partial charge in [0, 0.05) is 32.7 Å². The fourth-order valence-corrected chi connectivity index (χ4v) is 3.21. The first-order chi connectivity index (χ1) is 11.1. The Morgan fingerprint density at radius 1 is 1.13 bits per heavy atom. The van der Waals surface area contributed by atoms with Crippen LogP contribution in [-0.2, 0) is 11.3 Å². The molecule has 3 rings (SSSR count). The largest absolute Gasteiger partial charge is 0.388 e. The number of morpholine rings is 1. The van der Waals surface area contributed by atoms with Crippen LogP contribution < -0.4 is 5.32 Å². The molecule has 1 aliphatic rings. The maximum atomic E-state index is 10.6. The van der Waals surface area contributed by atoms with E-state index in [0.717, 1.165) is 32.8 Å². The molecule has 0 bridgehead atoms. The first-order valence-corrected chi connectivity index (χ1v) is 8.34. The lowest BCUT2D eigenvalue weighted by Crippen LogP contribution is -2.50. The monoisotopic (exact) mass is 314 g/mol. The number of benzene rings is 2. The van der Waals surface area contributed by atoms with Crippen LogP contribution >= 0.6 is 0 Å². The van der Waals surface area contributed by atoms with E-state index in [9.17, 15) is 5.11 Å². The van der Waals surface area contributed by atoms with E-state index in [1.54, 1.807) is 0 Å². The van der Waals surface area contributed by atoms with Crippen molar-refractivity contribution < 1.29 is 9.84 Å². The molecule has 0 aromatic heterocycles. The third-order valence-electron chi connectivity index (χ3n) is 4.37. The number of fused-ring (bicyclic) bond motifs is 1. The second kappa shape index (κ2) is 7.41. The summed E-state index contributed by atoms with van der Waals surface area (Å²) in [6, 6.07) is 14.8. The standard InChI is InChI=1S/C19H26N2O2/c1-19(22,15-21-9-11-23-12-10-21)14-20-13-17-7-4-6-16-5-2-3-8-18(16)17/h2-8,20,22H,9-15H2,1H3. The Labute approximate surface area is 138 Å². The lowest BCUT2D eigenvalue weighted by molar-refractivity contribution is -0.0219. The third kappa shape index (κ3) is 4.52. The molecule has 4 heteroatoms. The predicted octanol–water partition coefficient (Wildman–Crippen LogP) is 2.01. The highest BCUT2D eigenvalue weighted by atomic mass is 16.5. The summed E-state index contributed by atoms with van der Waals surface area (Å²) in [7, 11) is 0. The topological polar surface area (TPSA) is 44.7 Å². The van der Waals surface area contributed by atoms with Crippen LogP contribution in [0.15, 0.2) is 42.5 Å². The number of hydrogen-bond donors (Lipinski definition) is 2. The minimum atomic E-state index is -0.734. The van der Waals surface area contributed by atoms with Crippen molar-refractivity contribution in [2.75, 3.05) is 39.4 Å². The third-order valence-corrected chi connectivity index (χ3v) is 4.37. The first-order valence-electron chi connectivity index (χ1n) is 8.34. The van der Waals surface area contributed by atoms with Gasteiger partial charge >= 0.3 is 0 Å². The van der Waals surface area contributed by atoms with Crippen molar-refractivity contribution in [3.63, 3.8) is 0 Å². The van der Waals surface area contributed by atoms with Gasteiger partial charge in [0.1, 0.15) is 0 Å². The van der Waals surface area contributed by atoms with Crippen LogP contribution in [-0.4, -0.2) is 55.0 Å². The molecule has 4 nitrogen and oxygen atoms in total. The van der Waals surface area contributed by atoms with Gasteiger partial charge in [0.25, 0.3) is 0 Å². The van der Waals surface area contributed by atoms with E-state index >= 15 is 0 Å². The molecule has 2 N–H and O–H groups in total. The molecule has 23 heavy (non-hydrogen) atoms. The number of ether oxygens (including phenoxy) is 1. The number of rotatable bonds is 6. The van der Waals surface area contributed by atoms with Gasteiger partial charge in [0.2, 0.25) is 0 Å². The van der Waals surface area contributed by atoms with Crippen molar-refractivity contribution in [2.24, 2.45) is 0 Å². The van der Waals surface area contributed by atoms with Gasteiger partial charge in [-0.05, 0) is 23.3 Å². The van der Waals surface area contributed by atoms with Gasteiger partial charge in [0.05, 0.1) is 18.8 Å². The van der Waals surface area contributed by atoms with Gasteiger partial charge in [-0.1, -0.05) is 42.5 Å². The van der Waals surface area contributed by atoms with Crippen LogP contribution in [0, 0.1) is 0 Å². The van der Waals surface area contributed by atoms with Crippen molar-refractivity contribution in [2.45, 2.75) is 19.1 Å². The molecule has 2 aromatic carbocycles. The van der Waals surface area contributed by atoms with E-state index in [0.29, 0.717) is 13.1 Å². The van der Waals surface area contributed by atoms with E-state index in [4.69, 9.17) is 4.74 Å². The lowest BCUT2D eigenvalue weighted by Gasteiger charge is -2.34. The van der Waals surface area contributed by atoms with E-state index in [-0.39, 0.29) is 0 Å². The maximum Gasteiger partial charge on any atom is 0.0869 e. The molecule has 1 atom stereocenters. The molecule has 0 saturated carbocycles. The minimum absolute atomic E-state index is 0.577. The summed E-state index contributed by atoms with van der Waals surface area (Å²) >= 11 is 0. The van der Waals surface area contributed by atoms with Crippen LogP contribution in [0.3, 0.4) is 0 Å². The van der Waals surface area contributed by atoms with Gasteiger partial charge in [-0.15, -0.1) is 0 Å². The molecule has 0 radical (unpaired) electrons. The average Bonchev–Trinajstić information content (AvgIpc) is 2.55. The normalized spacial score (nSPS) is 18.9. The highest BCUT2D eigenvalue weighted by molar-refractivity contribution is 5.85. The number of β-amino-alcohol motifs (C(OH)–C–C–N with tert-alkyl or cyclic N) is 1. The number of hydrogen-bond acceptors (Lipinski definition) is 4. The van der Waals surface area contributed by atoms with E-state index in [1.807, 2.05) is 6.92 Å². The van der Waals surface area contributed by atoms with Gasteiger partial charge < -0.3 is 15.2 Å². The van der Waals surface area contributed by atoms with Crippen LogP contribution in [0.25, 0.3) is 10.8 Å². The average molecular weight is 314 g/mol. The SMILES string of the molecule is CC(O)(CNCc1cccc2ccccc12)CN1CCOCC1. The van der Waals surface area contributed by atoms with Crippen LogP contribution in [0.1, 0.15) is 12.5 Å². The molecule has 1 saturated heterocycles. The molecule has 2 aromatic rings. The zero-order valence-electron chi connectivity index (χ0n) is 13.8. The fourth-order valence-electron chi connectivity index (χ4n) is 3.21. The van der Waals surface area contributed by atoms with Crippen LogP contribution in [0.5, 0.6) is 0 Å². The molecule has 1 aliphatic heterocycles. The Balaban J connectivity index is 1.55. The number of aliphatic hydroxyl groups is 1. The van der Waals surface area contributed by atoms with Gasteiger partial charge in [-0.2, -0.15) is 0 Å². The molecular formula is C19H26N2O2. The van der Waals surface area contributed by atoms with Crippen molar-refractivity contribution in [3.8, 4) is 0 Å². The molecule has 1 unspecified atom stereocenters. The van der Waals surface area contributed by atoms with E-state index in [1.165, 1.54) is 16.3 Å². The van der Waals surface area contributed by atoms with Gasteiger partial charge in [-0.25, -0.2) is 0 Å². The smallest absolute Gasteiger partial charge is 0.0869 e. The Morgan fingerprint density at radius 2 is 1.87 bits per heavy atom. The highest BCUT2D eigenvalue weighted by Crippen LogP contribution is 2.18. The zero-order chi connectivity index (χ0) is 16.1. The van der Waals surface area contributed by atoms with E-state index < -0.39 is 5.60 Å². The predicted molar refractivity (Wildman–Crippen MR) is 93.5 cm³/mol. The summed E-state index contributed by atoms with van der Waals surface area (Å²) in [5, 5.41) is 16.6.